The highest BCUT2D eigenvalue weighted by Crippen LogP contribution is 2.33. The summed E-state index contributed by atoms with van der Waals surface area (Å²) in [4.78, 5) is 26.0. The average molecular weight is 399 g/mol. The van der Waals surface area contributed by atoms with E-state index >= 15 is 0 Å². The van der Waals surface area contributed by atoms with E-state index in [9.17, 15) is 14.0 Å². The molecule has 0 aliphatic carbocycles. The van der Waals surface area contributed by atoms with E-state index in [1.54, 1.807) is 23.1 Å². The maximum Gasteiger partial charge on any atom is 0.274 e. The number of piperidine rings is 1. The van der Waals surface area contributed by atoms with E-state index in [1.165, 1.54) is 36.6 Å². The summed E-state index contributed by atoms with van der Waals surface area (Å²) in [6.07, 6.45) is 1.72. The van der Waals surface area contributed by atoms with Gasteiger partial charge in [0.05, 0.1) is 0 Å². The minimum absolute atomic E-state index is 0.0447. The smallest absolute Gasteiger partial charge is 0.274 e. The topological polar surface area (TPSA) is 81.0 Å². The molecule has 3 aromatic rings. The number of hydrogen-bond acceptors (Lipinski definition) is 6. The molecular weight excluding hydrogens is 381 g/mol. The predicted octanol–water partition coefficient (Wildman–Crippen LogP) is 2.46. The highest BCUT2D eigenvalue weighted by Gasteiger charge is 2.29. The third kappa shape index (κ3) is 3.57. The zero-order valence-electron chi connectivity index (χ0n) is 15.2. The Hall–Kier alpha value is -2.94. The molecular formula is C19H18FN5O2S. The summed E-state index contributed by atoms with van der Waals surface area (Å²) < 4.78 is 15.2. The molecule has 9 heteroatoms. The molecule has 1 aliphatic rings. The van der Waals surface area contributed by atoms with Gasteiger partial charge in [-0.25, -0.2) is 9.07 Å². The average Bonchev–Trinajstić information content (AvgIpc) is 3.20. The number of carbonyl (C=O) groups is 1. The summed E-state index contributed by atoms with van der Waals surface area (Å²) in [5, 5.41) is 13.8. The summed E-state index contributed by atoms with van der Waals surface area (Å²) >= 11 is 1.36. The number of nitrogens with zero attached hydrogens (tertiary/aromatic N) is 5. The van der Waals surface area contributed by atoms with Crippen LogP contribution < -0.4 is 5.56 Å². The van der Waals surface area contributed by atoms with Crippen molar-refractivity contribution in [2.45, 2.75) is 18.8 Å². The molecule has 0 radical (unpaired) electrons. The Morgan fingerprint density at radius 1 is 1.21 bits per heavy atom. The first-order chi connectivity index (χ1) is 13.5. The van der Waals surface area contributed by atoms with Crippen LogP contribution in [0.1, 0.15) is 34.3 Å². The minimum atomic E-state index is -0.327. The first kappa shape index (κ1) is 18.4. The van der Waals surface area contributed by atoms with Crippen LogP contribution in [0.4, 0.5) is 4.39 Å². The van der Waals surface area contributed by atoms with E-state index in [0.717, 1.165) is 22.5 Å². The van der Waals surface area contributed by atoms with Crippen LogP contribution in [0, 0.1) is 5.82 Å². The van der Waals surface area contributed by atoms with E-state index < -0.39 is 0 Å². The second-order valence-electron chi connectivity index (χ2n) is 6.70. The van der Waals surface area contributed by atoms with Gasteiger partial charge in [0.25, 0.3) is 11.5 Å². The van der Waals surface area contributed by atoms with Crippen molar-refractivity contribution in [3.8, 4) is 10.6 Å². The number of aromatic nitrogens is 4. The first-order valence-corrected chi connectivity index (χ1v) is 9.76. The highest BCUT2D eigenvalue weighted by molar-refractivity contribution is 7.14. The Balaban J connectivity index is 1.53. The molecule has 144 valence electrons. The van der Waals surface area contributed by atoms with Crippen LogP contribution in [0.25, 0.3) is 10.6 Å². The fourth-order valence-corrected chi connectivity index (χ4v) is 4.28. The zero-order valence-corrected chi connectivity index (χ0v) is 16.0. The van der Waals surface area contributed by atoms with Gasteiger partial charge >= 0.3 is 0 Å². The normalized spacial score (nSPS) is 16.9. The summed E-state index contributed by atoms with van der Waals surface area (Å²) in [6, 6.07) is 9.28. The molecule has 4 rings (SSSR count). The van der Waals surface area contributed by atoms with Crippen molar-refractivity contribution in [3.63, 3.8) is 0 Å². The van der Waals surface area contributed by atoms with E-state index in [4.69, 9.17) is 0 Å². The van der Waals surface area contributed by atoms with Gasteiger partial charge in [-0.2, -0.15) is 5.10 Å². The summed E-state index contributed by atoms with van der Waals surface area (Å²) in [5.74, 6) is -0.492. The second kappa shape index (κ2) is 7.59. The minimum Gasteiger partial charge on any atom is -0.337 e. The van der Waals surface area contributed by atoms with Crippen molar-refractivity contribution in [1.82, 2.24) is 24.9 Å². The molecule has 28 heavy (non-hydrogen) atoms. The first-order valence-electron chi connectivity index (χ1n) is 8.95. The summed E-state index contributed by atoms with van der Waals surface area (Å²) in [5.41, 5.74) is 0.416. The lowest BCUT2D eigenvalue weighted by molar-refractivity contribution is 0.0698. The number of aryl methyl sites for hydroxylation is 1. The van der Waals surface area contributed by atoms with E-state index in [-0.39, 0.29) is 28.9 Å². The monoisotopic (exact) mass is 399 g/mol. The number of hydrogen-bond donors (Lipinski definition) is 0. The molecule has 7 nitrogen and oxygen atoms in total. The molecule has 2 aromatic heterocycles. The lowest BCUT2D eigenvalue weighted by Gasteiger charge is -2.31. The Morgan fingerprint density at radius 3 is 2.82 bits per heavy atom. The van der Waals surface area contributed by atoms with Crippen molar-refractivity contribution in [3.05, 3.63) is 63.3 Å². The van der Waals surface area contributed by atoms with E-state index in [1.807, 2.05) is 0 Å². The van der Waals surface area contributed by atoms with Crippen LogP contribution in [-0.4, -0.2) is 43.9 Å². The molecule has 3 heterocycles. The van der Waals surface area contributed by atoms with Gasteiger partial charge in [0, 0.05) is 37.7 Å². The van der Waals surface area contributed by atoms with Gasteiger partial charge in [0.2, 0.25) is 0 Å². The summed E-state index contributed by atoms with van der Waals surface area (Å²) in [6.45, 7) is 1.12. The second-order valence-corrected chi connectivity index (χ2v) is 7.71. The maximum absolute atomic E-state index is 14.0. The van der Waals surface area contributed by atoms with Gasteiger partial charge in [0.1, 0.15) is 16.5 Å². The molecule has 1 aromatic carbocycles. The number of benzene rings is 1. The molecule has 1 saturated heterocycles. The van der Waals surface area contributed by atoms with Gasteiger partial charge in [0.15, 0.2) is 5.01 Å². The van der Waals surface area contributed by atoms with E-state index in [0.29, 0.717) is 23.7 Å². The molecule has 0 saturated carbocycles. The molecule has 1 aliphatic heterocycles. The lowest BCUT2D eigenvalue weighted by atomic mass is 9.98. The van der Waals surface area contributed by atoms with Gasteiger partial charge in [-0.3, -0.25) is 9.59 Å². The fourth-order valence-electron chi connectivity index (χ4n) is 3.28. The van der Waals surface area contributed by atoms with Crippen molar-refractivity contribution in [2.24, 2.45) is 7.05 Å². The number of rotatable bonds is 3. The predicted molar refractivity (Wildman–Crippen MR) is 103 cm³/mol. The number of amides is 1. The van der Waals surface area contributed by atoms with Crippen LogP contribution in [0.5, 0.6) is 0 Å². The molecule has 0 bridgehead atoms. The third-order valence-electron chi connectivity index (χ3n) is 4.78. The van der Waals surface area contributed by atoms with Crippen LogP contribution in [0.15, 0.2) is 41.2 Å². The Bertz CT molecular complexity index is 1080. The molecule has 0 N–H and O–H groups in total. The fraction of sp³-hybridized carbons (Fsp3) is 0.316. The Labute approximate surface area is 164 Å². The number of halogens is 1. The van der Waals surface area contributed by atoms with Crippen molar-refractivity contribution in [2.75, 3.05) is 13.1 Å². The van der Waals surface area contributed by atoms with Crippen molar-refractivity contribution in [1.29, 1.82) is 0 Å². The van der Waals surface area contributed by atoms with Crippen LogP contribution in [0.2, 0.25) is 0 Å². The lowest BCUT2D eigenvalue weighted by Crippen LogP contribution is -2.40. The number of carbonyl (C=O) groups excluding carboxylic acids is 1. The zero-order chi connectivity index (χ0) is 19.7. The largest absolute Gasteiger partial charge is 0.337 e. The maximum atomic E-state index is 14.0. The molecule has 1 amide bonds. The molecule has 1 fully saturated rings. The van der Waals surface area contributed by atoms with Gasteiger partial charge < -0.3 is 4.90 Å². The van der Waals surface area contributed by atoms with Gasteiger partial charge in [-0.1, -0.05) is 23.5 Å². The standard InChI is InChI=1S/C19H18FN5O2S/c1-24-16(26)9-8-15(23-24)19(27)25-10-4-5-12(11-25)17-21-22-18(28-17)13-6-2-3-7-14(13)20/h2-3,6-9,12H,4-5,10-11H2,1H3. The Kier molecular flexibility index (Phi) is 4.99. The SMILES string of the molecule is Cn1nc(C(=O)N2CCCC(c3nnc(-c4ccccc4F)s3)C2)ccc1=O. The Morgan fingerprint density at radius 2 is 2.04 bits per heavy atom. The van der Waals surface area contributed by atoms with Crippen LogP contribution in [-0.2, 0) is 7.05 Å². The van der Waals surface area contributed by atoms with E-state index in [2.05, 4.69) is 15.3 Å². The van der Waals surface area contributed by atoms with Gasteiger partial charge in [-0.05, 0) is 31.0 Å². The summed E-state index contributed by atoms with van der Waals surface area (Å²) in [7, 11) is 1.52. The highest BCUT2D eigenvalue weighted by atomic mass is 32.1. The van der Waals surface area contributed by atoms with Crippen LogP contribution >= 0.6 is 11.3 Å². The van der Waals surface area contributed by atoms with Crippen molar-refractivity contribution < 1.29 is 9.18 Å². The van der Waals surface area contributed by atoms with Gasteiger partial charge in [-0.15, -0.1) is 10.2 Å². The quantitative estimate of drug-likeness (QED) is 0.676. The molecule has 1 atom stereocenters. The molecule has 1 unspecified atom stereocenters. The van der Waals surface area contributed by atoms with Crippen LogP contribution in [0.3, 0.4) is 0 Å². The third-order valence-corrected chi connectivity index (χ3v) is 5.90. The number of likely N-dealkylation sites (tertiary alicyclic amines) is 1. The van der Waals surface area contributed by atoms with Crippen molar-refractivity contribution >= 4 is 17.2 Å². The molecule has 0 spiro atoms.